The second-order valence-electron chi connectivity index (χ2n) is 5.64. The number of amides is 1. The second kappa shape index (κ2) is 11.0. The molecule has 6 nitrogen and oxygen atoms in total. The molecule has 2 rings (SSSR count). The summed E-state index contributed by atoms with van der Waals surface area (Å²) in [6.07, 6.45) is 10.6. The fraction of sp³-hybridized carbons (Fsp3) is 0.529. The van der Waals surface area contributed by atoms with Crippen molar-refractivity contribution in [2.45, 2.75) is 57.1 Å². The zero-order valence-electron chi connectivity index (χ0n) is 14.6. The lowest BCUT2D eigenvalue weighted by Gasteiger charge is -2.07. The summed E-state index contributed by atoms with van der Waals surface area (Å²) in [6.45, 7) is 6.69. The SMILES string of the molecule is C=CCn1c(CCCCCCC)nnc1SCC(=O)Nc1nccs1. The Hall–Kier alpha value is -1.67. The van der Waals surface area contributed by atoms with Crippen molar-refractivity contribution in [2.75, 3.05) is 11.1 Å². The first-order chi connectivity index (χ1) is 12.2. The highest BCUT2D eigenvalue weighted by Crippen LogP contribution is 2.19. The molecule has 0 aliphatic rings. The molecule has 136 valence electrons. The minimum absolute atomic E-state index is 0.0887. The molecule has 2 aromatic heterocycles. The molecule has 0 aliphatic heterocycles. The van der Waals surface area contributed by atoms with E-state index >= 15 is 0 Å². The predicted molar refractivity (Wildman–Crippen MR) is 104 cm³/mol. The van der Waals surface area contributed by atoms with E-state index in [-0.39, 0.29) is 11.7 Å². The van der Waals surface area contributed by atoms with Gasteiger partial charge in [-0.1, -0.05) is 50.4 Å². The molecule has 0 atom stereocenters. The van der Waals surface area contributed by atoms with Crippen LogP contribution in [0.15, 0.2) is 29.4 Å². The van der Waals surface area contributed by atoms with Crippen molar-refractivity contribution in [3.8, 4) is 0 Å². The van der Waals surface area contributed by atoms with Crippen molar-refractivity contribution in [2.24, 2.45) is 0 Å². The number of carbonyl (C=O) groups excluding carboxylic acids is 1. The van der Waals surface area contributed by atoms with Crippen molar-refractivity contribution < 1.29 is 4.79 Å². The number of unbranched alkanes of at least 4 members (excludes halogenated alkanes) is 4. The first kappa shape index (κ1) is 19.7. The van der Waals surface area contributed by atoms with Crippen LogP contribution in [0.25, 0.3) is 0 Å². The Kier molecular flexibility index (Phi) is 8.68. The fourth-order valence-corrected chi connectivity index (χ4v) is 3.69. The zero-order valence-corrected chi connectivity index (χ0v) is 16.2. The van der Waals surface area contributed by atoms with Crippen LogP contribution in [-0.2, 0) is 17.8 Å². The highest BCUT2D eigenvalue weighted by Gasteiger charge is 2.13. The Morgan fingerprint density at radius 1 is 1.36 bits per heavy atom. The summed E-state index contributed by atoms with van der Waals surface area (Å²) in [5.41, 5.74) is 0. The molecular weight excluding hydrogens is 354 g/mol. The molecule has 1 N–H and O–H groups in total. The maximum absolute atomic E-state index is 12.0. The Morgan fingerprint density at radius 3 is 2.92 bits per heavy atom. The van der Waals surface area contributed by atoms with Gasteiger partial charge in [0, 0.05) is 24.5 Å². The number of carbonyl (C=O) groups is 1. The Morgan fingerprint density at radius 2 is 2.20 bits per heavy atom. The molecule has 8 heteroatoms. The predicted octanol–water partition coefficient (Wildman–Crippen LogP) is 4.16. The van der Waals surface area contributed by atoms with Gasteiger partial charge in [-0.2, -0.15) is 0 Å². The molecule has 0 bridgehead atoms. The van der Waals surface area contributed by atoms with Gasteiger partial charge in [0.25, 0.3) is 0 Å². The first-order valence-corrected chi connectivity index (χ1v) is 10.5. The van der Waals surface area contributed by atoms with Crippen LogP contribution in [0.3, 0.4) is 0 Å². The molecule has 2 aromatic rings. The molecule has 0 radical (unpaired) electrons. The molecule has 0 spiro atoms. The first-order valence-electron chi connectivity index (χ1n) is 8.59. The van der Waals surface area contributed by atoms with Gasteiger partial charge < -0.3 is 9.88 Å². The van der Waals surface area contributed by atoms with Gasteiger partial charge in [-0.25, -0.2) is 4.98 Å². The van der Waals surface area contributed by atoms with Crippen LogP contribution in [0, 0.1) is 0 Å². The standard InChI is InChI=1S/C17H25N5OS2/c1-3-5-6-7-8-9-14-20-21-17(22(14)11-4-2)25-13-15(23)19-16-18-10-12-24-16/h4,10,12H,2-3,5-9,11,13H2,1H3,(H,18,19,23). The summed E-state index contributed by atoms with van der Waals surface area (Å²) in [5, 5.41) is 14.5. The van der Waals surface area contributed by atoms with E-state index in [1.165, 1.54) is 48.8 Å². The van der Waals surface area contributed by atoms with Crippen LogP contribution in [0.5, 0.6) is 0 Å². The highest BCUT2D eigenvalue weighted by atomic mass is 32.2. The van der Waals surface area contributed by atoms with Crippen molar-refractivity contribution in [3.63, 3.8) is 0 Å². The van der Waals surface area contributed by atoms with Gasteiger partial charge in [0.15, 0.2) is 10.3 Å². The molecule has 0 unspecified atom stereocenters. The van der Waals surface area contributed by atoms with Crippen LogP contribution >= 0.6 is 23.1 Å². The van der Waals surface area contributed by atoms with E-state index in [9.17, 15) is 4.79 Å². The number of nitrogens with one attached hydrogen (secondary N) is 1. The van der Waals surface area contributed by atoms with Gasteiger partial charge in [-0.15, -0.1) is 28.1 Å². The molecule has 0 saturated heterocycles. The minimum atomic E-state index is -0.0887. The van der Waals surface area contributed by atoms with E-state index in [0.29, 0.717) is 11.7 Å². The third kappa shape index (κ3) is 6.62. The number of aryl methyl sites for hydroxylation is 1. The van der Waals surface area contributed by atoms with Crippen LogP contribution in [-0.4, -0.2) is 31.4 Å². The molecule has 2 heterocycles. The van der Waals surface area contributed by atoms with Crippen molar-refractivity contribution >= 4 is 34.1 Å². The third-order valence-electron chi connectivity index (χ3n) is 3.62. The van der Waals surface area contributed by atoms with Gasteiger partial charge in [0.1, 0.15) is 5.82 Å². The normalized spacial score (nSPS) is 10.8. The Balaban J connectivity index is 1.86. The number of hydrogen-bond donors (Lipinski definition) is 1. The number of rotatable bonds is 12. The third-order valence-corrected chi connectivity index (χ3v) is 5.28. The van der Waals surface area contributed by atoms with Gasteiger partial charge in [-0.05, 0) is 6.42 Å². The minimum Gasteiger partial charge on any atom is -0.302 e. The highest BCUT2D eigenvalue weighted by molar-refractivity contribution is 7.99. The molecule has 0 fully saturated rings. The molecule has 25 heavy (non-hydrogen) atoms. The van der Waals surface area contributed by atoms with E-state index in [1.807, 2.05) is 16.0 Å². The summed E-state index contributed by atoms with van der Waals surface area (Å²) in [4.78, 5) is 16.0. The van der Waals surface area contributed by atoms with Crippen LogP contribution in [0.1, 0.15) is 44.9 Å². The van der Waals surface area contributed by atoms with Gasteiger partial charge in [-0.3, -0.25) is 4.79 Å². The fourth-order valence-electron chi connectivity index (χ4n) is 2.38. The Labute approximate surface area is 157 Å². The van der Waals surface area contributed by atoms with Gasteiger partial charge in [0.05, 0.1) is 5.75 Å². The van der Waals surface area contributed by atoms with Crippen molar-refractivity contribution in [3.05, 3.63) is 30.1 Å². The summed E-state index contributed by atoms with van der Waals surface area (Å²) in [6, 6.07) is 0. The van der Waals surface area contributed by atoms with Gasteiger partial charge >= 0.3 is 0 Å². The number of anilines is 1. The summed E-state index contributed by atoms with van der Waals surface area (Å²) in [5.74, 6) is 1.17. The van der Waals surface area contributed by atoms with E-state index in [1.54, 1.807) is 6.20 Å². The van der Waals surface area contributed by atoms with Crippen molar-refractivity contribution in [1.29, 1.82) is 0 Å². The lowest BCUT2D eigenvalue weighted by Crippen LogP contribution is -2.14. The Bertz CT molecular complexity index is 654. The maximum Gasteiger partial charge on any atom is 0.236 e. The molecule has 0 saturated carbocycles. The van der Waals surface area contributed by atoms with Crippen LogP contribution in [0.2, 0.25) is 0 Å². The van der Waals surface area contributed by atoms with E-state index < -0.39 is 0 Å². The molecule has 1 amide bonds. The molecular formula is C17H25N5OS2. The lowest BCUT2D eigenvalue weighted by molar-refractivity contribution is -0.113. The number of hydrogen-bond acceptors (Lipinski definition) is 6. The maximum atomic E-state index is 12.0. The summed E-state index contributed by atoms with van der Waals surface area (Å²) >= 11 is 2.80. The second-order valence-corrected chi connectivity index (χ2v) is 7.47. The van der Waals surface area contributed by atoms with Crippen LogP contribution in [0.4, 0.5) is 5.13 Å². The number of nitrogens with zero attached hydrogens (tertiary/aromatic N) is 4. The number of thioether (sulfide) groups is 1. The number of allylic oxidation sites excluding steroid dienone is 1. The van der Waals surface area contributed by atoms with Crippen LogP contribution < -0.4 is 5.32 Å². The lowest BCUT2D eigenvalue weighted by atomic mass is 10.1. The topological polar surface area (TPSA) is 72.7 Å². The molecule has 0 aromatic carbocycles. The summed E-state index contributed by atoms with van der Waals surface area (Å²) in [7, 11) is 0. The van der Waals surface area contributed by atoms with Gasteiger partial charge in [0.2, 0.25) is 5.91 Å². The number of aromatic nitrogens is 4. The van der Waals surface area contributed by atoms with E-state index in [0.717, 1.165) is 23.8 Å². The zero-order chi connectivity index (χ0) is 17.9. The monoisotopic (exact) mass is 379 g/mol. The van der Waals surface area contributed by atoms with E-state index in [2.05, 4.69) is 34.0 Å². The largest absolute Gasteiger partial charge is 0.302 e. The average molecular weight is 380 g/mol. The summed E-state index contributed by atoms with van der Waals surface area (Å²) < 4.78 is 2.05. The molecule has 0 aliphatic carbocycles. The van der Waals surface area contributed by atoms with Crippen molar-refractivity contribution in [1.82, 2.24) is 19.7 Å². The average Bonchev–Trinajstić information content (AvgIpc) is 3.24. The smallest absolute Gasteiger partial charge is 0.236 e. The quantitative estimate of drug-likeness (QED) is 0.340. The number of thiazole rings is 1. The van der Waals surface area contributed by atoms with E-state index in [4.69, 9.17) is 0 Å².